The number of imidazole rings is 1. The number of likely N-dealkylation sites (tertiary alicyclic amines) is 1. The number of nitrogens with zero attached hydrogens (tertiary/aromatic N) is 3. The summed E-state index contributed by atoms with van der Waals surface area (Å²) >= 11 is 6.15. The predicted octanol–water partition coefficient (Wildman–Crippen LogP) is 2.00. The number of sulfonamides is 1. The SMILES string of the molecule is Cc1nc(S(=O)(=O)NCCC(=O)NCC(c2cccc(Cl)c2)N2CCCC2)cn1C. The number of carbonyl (C=O) groups is 1. The topological polar surface area (TPSA) is 96.3 Å². The van der Waals surface area contributed by atoms with Gasteiger partial charge in [-0.25, -0.2) is 18.1 Å². The highest BCUT2D eigenvalue weighted by Gasteiger charge is 2.24. The summed E-state index contributed by atoms with van der Waals surface area (Å²) in [6.45, 7) is 4.15. The molecule has 1 aliphatic rings. The Labute approximate surface area is 182 Å². The van der Waals surface area contributed by atoms with Crippen molar-refractivity contribution in [2.24, 2.45) is 7.05 Å². The summed E-state index contributed by atoms with van der Waals surface area (Å²) in [5.41, 5.74) is 1.07. The van der Waals surface area contributed by atoms with Crippen LogP contribution in [0.3, 0.4) is 0 Å². The second kappa shape index (κ2) is 9.91. The van der Waals surface area contributed by atoms with Gasteiger partial charge in [-0.3, -0.25) is 9.69 Å². The second-order valence-corrected chi connectivity index (χ2v) is 9.65. The Balaban J connectivity index is 1.53. The number of hydrogen-bond donors (Lipinski definition) is 2. The quantitative estimate of drug-likeness (QED) is 0.605. The van der Waals surface area contributed by atoms with E-state index in [1.54, 1.807) is 18.5 Å². The normalized spacial score (nSPS) is 16.0. The Bertz CT molecular complexity index is 967. The first-order valence-corrected chi connectivity index (χ1v) is 11.9. The monoisotopic (exact) mass is 453 g/mol. The summed E-state index contributed by atoms with van der Waals surface area (Å²) in [5, 5.41) is 3.56. The smallest absolute Gasteiger partial charge is 0.259 e. The minimum absolute atomic E-state index is 0.00926. The number of hydrogen-bond acceptors (Lipinski definition) is 5. The Morgan fingerprint density at radius 2 is 2.03 bits per heavy atom. The number of nitrogens with one attached hydrogen (secondary N) is 2. The van der Waals surface area contributed by atoms with E-state index in [-0.39, 0.29) is 29.9 Å². The minimum atomic E-state index is -3.73. The Hall–Kier alpha value is -1.94. The van der Waals surface area contributed by atoms with E-state index in [0.29, 0.717) is 17.4 Å². The minimum Gasteiger partial charge on any atom is -0.354 e. The summed E-state index contributed by atoms with van der Waals surface area (Å²) in [6, 6.07) is 7.74. The van der Waals surface area contributed by atoms with E-state index in [0.717, 1.165) is 31.5 Å². The van der Waals surface area contributed by atoms with Crippen LogP contribution in [0.25, 0.3) is 0 Å². The molecule has 3 rings (SSSR count). The summed E-state index contributed by atoms with van der Waals surface area (Å²) < 4.78 is 28.7. The molecule has 8 nitrogen and oxygen atoms in total. The lowest BCUT2D eigenvalue weighted by atomic mass is 10.1. The fraction of sp³-hybridized carbons (Fsp3) is 0.500. The average molecular weight is 454 g/mol. The van der Waals surface area contributed by atoms with Crippen LogP contribution >= 0.6 is 11.6 Å². The number of amides is 1. The molecule has 10 heteroatoms. The van der Waals surface area contributed by atoms with Gasteiger partial charge in [0, 0.05) is 37.8 Å². The van der Waals surface area contributed by atoms with Crippen LogP contribution in [-0.2, 0) is 21.9 Å². The van der Waals surface area contributed by atoms with Gasteiger partial charge in [0.05, 0.1) is 6.04 Å². The fourth-order valence-electron chi connectivity index (χ4n) is 3.55. The highest BCUT2D eigenvalue weighted by molar-refractivity contribution is 7.89. The predicted molar refractivity (Wildman–Crippen MR) is 116 cm³/mol. The highest BCUT2D eigenvalue weighted by Crippen LogP contribution is 2.26. The van der Waals surface area contributed by atoms with Crippen molar-refractivity contribution in [2.45, 2.75) is 37.3 Å². The number of aromatic nitrogens is 2. The molecule has 2 aromatic rings. The lowest BCUT2D eigenvalue weighted by Crippen LogP contribution is -2.38. The molecule has 0 saturated carbocycles. The van der Waals surface area contributed by atoms with Crippen molar-refractivity contribution in [3.63, 3.8) is 0 Å². The highest BCUT2D eigenvalue weighted by atomic mass is 35.5. The van der Waals surface area contributed by atoms with Gasteiger partial charge in [0.2, 0.25) is 5.91 Å². The zero-order valence-corrected chi connectivity index (χ0v) is 18.8. The molecule has 1 unspecified atom stereocenters. The molecule has 1 fully saturated rings. The molecule has 1 aliphatic heterocycles. The molecule has 30 heavy (non-hydrogen) atoms. The zero-order chi connectivity index (χ0) is 21.7. The summed E-state index contributed by atoms with van der Waals surface area (Å²) in [7, 11) is -2.01. The molecule has 2 heterocycles. The molecular formula is C20H28ClN5O3S. The van der Waals surface area contributed by atoms with Gasteiger partial charge < -0.3 is 9.88 Å². The van der Waals surface area contributed by atoms with E-state index >= 15 is 0 Å². The maximum Gasteiger partial charge on any atom is 0.259 e. The molecular weight excluding hydrogens is 426 g/mol. The van der Waals surface area contributed by atoms with Gasteiger partial charge in [-0.2, -0.15) is 0 Å². The first-order valence-electron chi connectivity index (χ1n) is 10.0. The van der Waals surface area contributed by atoms with E-state index in [4.69, 9.17) is 11.6 Å². The Morgan fingerprint density at radius 3 is 2.67 bits per heavy atom. The Kier molecular flexibility index (Phi) is 7.51. The van der Waals surface area contributed by atoms with Crippen molar-refractivity contribution in [3.05, 3.63) is 46.9 Å². The van der Waals surface area contributed by atoms with Crippen molar-refractivity contribution < 1.29 is 13.2 Å². The van der Waals surface area contributed by atoms with Crippen LogP contribution in [0.5, 0.6) is 0 Å². The van der Waals surface area contributed by atoms with Crippen molar-refractivity contribution >= 4 is 27.5 Å². The van der Waals surface area contributed by atoms with Gasteiger partial charge in [0.1, 0.15) is 5.82 Å². The first-order chi connectivity index (χ1) is 14.3. The van der Waals surface area contributed by atoms with Crippen LogP contribution in [0.15, 0.2) is 35.5 Å². The zero-order valence-electron chi connectivity index (χ0n) is 17.3. The maximum atomic E-state index is 12.3. The molecule has 1 saturated heterocycles. The van der Waals surface area contributed by atoms with Gasteiger partial charge >= 0.3 is 0 Å². The lowest BCUT2D eigenvalue weighted by molar-refractivity contribution is -0.121. The third-order valence-electron chi connectivity index (χ3n) is 5.31. The molecule has 0 bridgehead atoms. The van der Waals surface area contributed by atoms with E-state index in [1.165, 1.54) is 6.20 Å². The van der Waals surface area contributed by atoms with Crippen molar-refractivity contribution in [2.75, 3.05) is 26.2 Å². The van der Waals surface area contributed by atoms with Crippen LogP contribution in [0.4, 0.5) is 0 Å². The van der Waals surface area contributed by atoms with Crippen molar-refractivity contribution in [3.8, 4) is 0 Å². The van der Waals surface area contributed by atoms with Crippen LogP contribution in [0.2, 0.25) is 5.02 Å². The standard InChI is InChI=1S/C20H28ClN5O3S/c1-15-24-20(14-25(15)2)30(28,29)23-9-8-19(27)22-13-18(26-10-3-4-11-26)16-6-5-7-17(21)12-16/h5-7,12,14,18,23H,3-4,8-11,13H2,1-2H3,(H,22,27). The number of benzene rings is 1. The van der Waals surface area contributed by atoms with Gasteiger partial charge in [-0.15, -0.1) is 0 Å². The molecule has 0 aliphatic carbocycles. The summed E-state index contributed by atoms with van der Waals surface area (Å²) in [4.78, 5) is 18.7. The van der Waals surface area contributed by atoms with Crippen LogP contribution in [0, 0.1) is 6.92 Å². The largest absolute Gasteiger partial charge is 0.354 e. The third-order valence-corrected chi connectivity index (χ3v) is 6.88. The van der Waals surface area contributed by atoms with Crippen LogP contribution < -0.4 is 10.0 Å². The van der Waals surface area contributed by atoms with Crippen LogP contribution in [0.1, 0.15) is 36.7 Å². The molecule has 0 spiro atoms. The van der Waals surface area contributed by atoms with Gasteiger partial charge in [0.25, 0.3) is 10.0 Å². The molecule has 0 radical (unpaired) electrons. The van der Waals surface area contributed by atoms with Gasteiger partial charge in [0.15, 0.2) is 5.03 Å². The molecule has 1 aromatic heterocycles. The number of halogens is 1. The number of rotatable bonds is 9. The van der Waals surface area contributed by atoms with Gasteiger partial charge in [-0.1, -0.05) is 23.7 Å². The first kappa shape index (κ1) is 22.7. The molecule has 1 amide bonds. The maximum absolute atomic E-state index is 12.3. The van der Waals surface area contributed by atoms with E-state index in [2.05, 4.69) is 19.9 Å². The second-order valence-electron chi connectivity index (χ2n) is 7.50. The summed E-state index contributed by atoms with van der Waals surface area (Å²) in [5.74, 6) is 0.392. The van der Waals surface area contributed by atoms with Crippen molar-refractivity contribution in [1.29, 1.82) is 0 Å². The lowest BCUT2D eigenvalue weighted by Gasteiger charge is -2.28. The van der Waals surface area contributed by atoms with E-state index in [1.807, 2.05) is 24.3 Å². The third kappa shape index (κ3) is 5.81. The number of aryl methyl sites for hydroxylation is 2. The molecule has 1 atom stereocenters. The van der Waals surface area contributed by atoms with Crippen LogP contribution in [-0.4, -0.2) is 55.0 Å². The van der Waals surface area contributed by atoms with E-state index < -0.39 is 10.0 Å². The van der Waals surface area contributed by atoms with Gasteiger partial charge in [-0.05, 0) is 50.6 Å². The molecule has 164 valence electrons. The van der Waals surface area contributed by atoms with E-state index in [9.17, 15) is 13.2 Å². The fourth-order valence-corrected chi connectivity index (χ4v) is 4.82. The molecule has 1 aromatic carbocycles. The Morgan fingerprint density at radius 1 is 1.30 bits per heavy atom. The average Bonchev–Trinajstić information content (AvgIpc) is 3.33. The van der Waals surface area contributed by atoms with Crippen molar-refractivity contribution in [1.82, 2.24) is 24.5 Å². The number of carbonyl (C=O) groups excluding carboxylic acids is 1. The molecule has 2 N–H and O–H groups in total. The summed E-state index contributed by atoms with van der Waals surface area (Å²) in [6.07, 6.45) is 3.77.